The van der Waals surface area contributed by atoms with Gasteiger partial charge in [-0.3, -0.25) is 0 Å². The first kappa shape index (κ1) is 6.81. The van der Waals surface area contributed by atoms with Gasteiger partial charge in [-0.05, 0) is 25.4 Å². The van der Waals surface area contributed by atoms with E-state index in [9.17, 15) is 0 Å². The highest BCUT2D eigenvalue weighted by atomic mass is 127. The summed E-state index contributed by atoms with van der Waals surface area (Å²) < 4.78 is 0.911. The van der Waals surface area contributed by atoms with Gasteiger partial charge in [-0.1, -0.05) is 29.5 Å². The predicted octanol–water partition coefficient (Wildman–Crippen LogP) is 1.42. The van der Waals surface area contributed by atoms with E-state index in [0.29, 0.717) is 0 Å². The summed E-state index contributed by atoms with van der Waals surface area (Å²) >= 11 is 2.54. The van der Waals surface area contributed by atoms with Crippen LogP contribution in [0, 0.1) is 5.92 Å². The van der Waals surface area contributed by atoms with Crippen LogP contribution in [0.2, 0.25) is 0 Å². The van der Waals surface area contributed by atoms with Crippen LogP contribution >= 0.6 is 22.6 Å². The highest BCUT2D eigenvalue weighted by Gasteiger charge is 2.16. The highest BCUT2D eigenvalue weighted by Crippen LogP contribution is 2.18. The van der Waals surface area contributed by atoms with Crippen LogP contribution in [-0.4, -0.2) is 17.0 Å². The highest BCUT2D eigenvalue weighted by molar-refractivity contribution is 14.1. The molecule has 0 spiro atoms. The number of rotatable bonds is 0. The van der Waals surface area contributed by atoms with Crippen molar-refractivity contribution in [2.45, 2.75) is 17.3 Å². The van der Waals surface area contributed by atoms with Crippen molar-refractivity contribution in [3.05, 3.63) is 0 Å². The molecular weight excluding hydrogens is 213 g/mol. The van der Waals surface area contributed by atoms with E-state index < -0.39 is 0 Å². The van der Waals surface area contributed by atoms with Gasteiger partial charge in [0, 0.05) is 3.92 Å². The zero-order chi connectivity index (χ0) is 5.98. The maximum absolute atomic E-state index is 3.36. The van der Waals surface area contributed by atoms with Crippen molar-refractivity contribution in [1.29, 1.82) is 0 Å². The van der Waals surface area contributed by atoms with Crippen molar-refractivity contribution < 1.29 is 0 Å². The summed E-state index contributed by atoms with van der Waals surface area (Å²) in [5.74, 6) is 0.879. The lowest BCUT2D eigenvalue weighted by Gasteiger charge is -2.24. The molecule has 1 nitrogen and oxygen atoms in total. The smallest absolute Gasteiger partial charge is 0.0159 e. The van der Waals surface area contributed by atoms with Crippen molar-refractivity contribution in [1.82, 2.24) is 5.32 Å². The number of hydrogen-bond acceptors (Lipinski definition) is 1. The summed E-state index contributed by atoms with van der Waals surface area (Å²) in [7, 11) is 0. The fourth-order valence-corrected chi connectivity index (χ4v) is 1.55. The fourth-order valence-electron chi connectivity index (χ4n) is 0.982. The van der Waals surface area contributed by atoms with E-state index in [4.69, 9.17) is 0 Å². The van der Waals surface area contributed by atoms with Crippen LogP contribution in [0.3, 0.4) is 0 Å². The van der Waals surface area contributed by atoms with E-state index >= 15 is 0 Å². The molecule has 1 rings (SSSR count). The van der Waals surface area contributed by atoms with Crippen LogP contribution in [0.4, 0.5) is 0 Å². The van der Waals surface area contributed by atoms with Gasteiger partial charge in [-0.25, -0.2) is 0 Å². The van der Waals surface area contributed by atoms with Crippen LogP contribution in [0.1, 0.15) is 13.3 Å². The molecule has 0 bridgehead atoms. The lowest BCUT2D eigenvalue weighted by molar-refractivity contribution is 0.428. The molecule has 48 valence electrons. The Labute approximate surface area is 64.4 Å². The van der Waals surface area contributed by atoms with E-state index in [0.717, 1.165) is 9.84 Å². The van der Waals surface area contributed by atoms with E-state index in [1.807, 2.05) is 0 Å². The van der Waals surface area contributed by atoms with Gasteiger partial charge in [0.2, 0.25) is 0 Å². The zero-order valence-electron chi connectivity index (χ0n) is 5.15. The second kappa shape index (κ2) is 3.01. The number of nitrogens with one attached hydrogen (secondary N) is 1. The Bertz CT molecular complexity index is 64.9. The quantitative estimate of drug-likeness (QED) is 0.485. The maximum Gasteiger partial charge on any atom is 0.0159 e. The summed E-state index contributed by atoms with van der Waals surface area (Å²) in [6, 6.07) is 0. The van der Waals surface area contributed by atoms with Gasteiger partial charge in [0.1, 0.15) is 0 Å². The van der Waals surface area contributed by atoms with Crippen LogP contribution in [-0.2, 0) is 0 Å². The molecule has 1 saturated heterocycles. The summed E-state index contributed by atoms with van der Waals surface area (Å²) in [4.78, 5) is 0. The molecule has 0 aromatic rings. The number of hydrogen-bond donors (Lipinski definition) is 1. The second-order valence-corrected chi connectivity index (χ2v) is 4.09. The van der Waals surface area contributed by atoms with Crippen molar-refractivity contribution in [3.8, 4) is 0 Å². The molecule has 0 aromatic carbocycles. The third kappa shape index (κ3) is 1.58. The Morgan fingerprint density at radius 1 is 1.62 bits per heavy atom. The molecule has 1 heterocycles. The summed E-state index contributed by atoms with van der Waals surface area (Å²) in [5, 5.41) is 3.36. The van der Waals surface area contributed by atoms with Gasteiger partial charge in [0.05, 0.1) is 0 Å². The minimum Gasteiger partial charge on any atom is -0.316 e. The Hall–Kier alpha value is 0.690. The van der Waals surface area contributed by atoms with Gasteiger partial charge < -0.3 is 5.32 Å². The van der Waals surface area contributed by atoms with E-state index in [-0.39, 0.29) is 0 Å². The Morgan fingerprint density at radius 2 is 2.38 bits per heavy atom. The first-order valence-corrected chi connectivity index (χ1v) is 4.40. The Balaban J connectivity index is 2.28. The summed E-state index contributed by atoms with van der Waals surface area (Å²) in [6.45, 7) is 4.74. The monoisotopic (exact) mass is 225 g/mol. The second-order valence-electron chi connectivity index (χ2n) is 2.49. The average molecular weight is 225 g/mol. The molecule has 0 aromatic heterocycles. The molecule has 2 heteroatoms. The molecule has 2 atom stereocenters. The molecule has 1 aliphatic rings. The van der Waals surface area contributed by atoms with Gasteiger partial charge >= 0.3 is 0 Å². The van der Waals surface area contributed by atoms with E-state index in [1.165, 1.54) is 19.5 Å². The zero-order valence-corrected chi connectivity index (χ0v) is 7.31. The summed E-state index contributed by atoms with van der Waals surface area (Å²) in [6.07, 6.45) is 1.35. The lowest BCUT2D eigenvalue weighted by atomic mass is 10.0. The largest absolute Gasteiger partial charge is 0.316 e. The van der Waals surface area contributed by atoms with E-state index in [2.05, 4.69) is 34.8 Å². The van der Waals surface area contributed by atoms with Crippen LogP contribution < -0.4 is 5.32 Å². The SMILES string of the molecule is C[C@@H]1CNCCC1I. The molecule has 0 saturated carbocycles. The number of halogens is 1. The topological polar surface area (TPSA) is 12.0 Å². The molecule has 8 heavy (non-hydrogen) atoms. The molecule has 1 aliphatic heterocycles. The van der Waals surface area contributed by atoms with Crippen molar-refractivity contribution in [3.63, 3.8) is 0 Å². The average Bonchev–Trinajstić information content (AvgIpc) is 1.77. The van der Waals surface area contributed by atoms with Crippen LogP contribution in [0.5, 0.6) is 0 Å². The molecule has 0 aliphatic carbocycles. The van der Waals surface area contributed by atoms with Gasteiger partial charge in [-0.15, -0.1) is 0 Å². The molecule has 1 unspecified atom stereocenters. The van der Waals surface area contributed by atoms with Gasteiger partial charge in [0.25, 0.3) is 0 Å². The molecule has 1 N–H and O–H groups in total. The van der Waals surface area contributed by atoms with Crippen LogP contribution in [0.25, 0.3) is 0 Å². The third-order valence-corrected chi connectivity index (χ3v) is 3.53. The fraction of sp³-hybridized carbons (Fsp3) is 1.00. The molecular formula is C6H12IN. The third-order valence-electron chi connectivity index (χ3n) is 1.68. The van der Waals surface area contributed by atoms with Crippen LogP contribution in [0.15, 0.2) is 0 Å². The molecule has 1 fully saturated rings. The Kier molecular flexibility index (Phi) is 2.56. The standard InChI is InChI=1S/C6H12IN/c1-5-4-8-3-2-6(5)7/h5-6,8H,2-4H2,1H3/t5-,6?/m1/s1. The maximum atomic E-state index is 3.36. The van der Waals surface area contributed by atoms with Gasteiger partial charge in [-0.2, -0.15) is 0 Å². The normalized spacial score (nSPS) is 39.8. The first-order valence-electron chi connectivity index (χ1n) is 3.15. The Morgan fingerprint density at radius 3 is 2.75 bits per heavy atom. The van der Waals surface area contributed by atoms with Crippen molar-refractivity contribution in [2.75, 3.05) is 13.1 Å². The van der Waals surface area contributed by atoms with E-state index in [1.54, 1.807) is 0 Å². The minimum absolute atomic E-state index is 0.879. The van der Waals surface area contributed by atoms with Gasteiger partial charge in [0.15, 0.2) is 0 Å². The molecule has 0 radical (unpaired) electrons. The lowest BCUT2D eigenvalue weighted by Crippen LogP contribution is -2.35. The predicted molar refractivity (Wildman–Crippen MR) is 44.5 cm³/mol. The molecule has 0 amide bonds. The minimum atomic E-state index is 0.879. The van der Waals surface area contributed by atoms with Crippen molar-refractivity contribution >= 4 is 22.6 Å². The number of alkyl halides is 1. The number of piperidine rings is 1. The summed E-state index contributed by atoms with van der Waals surface area (Å²) in [5.41, 5.74) is 0. The first-order chi connectivity index (χ1) is 3.80. The van der Waals surface area contributed by atoms with Crippen molar-refractivity contribution in [2.24, 2.45) is 5.92 Å².